The van der Waals surface area contributed by atoms with Gasteiger partial charge in [0.05, 0.1) is 12.4 Å². The van der Waals surface area contributed by atoms with Gasteiger partial charge >= 0.3 is 12.1 Å². The molecule has 0 aliphatic rings. The Labute approximate surface area is 112 Å². The van der Waals surface area contributed by atoms with Crippen molar-refractivity contribution in [2.45, 2.75) is 18.2 Å². The summed E-state index contributed by atoms with van der Waals surface area (Å²) in [4.78, 5) is 21.6. The normalized spacial score (nSPS) is 10.4. The predicted octanol–water partition coefficient (Wildman–Crippen LogP) is 1.92. The Balaban J connectivity index is 2.38. The molecule has 18 heavy (non-hydrogen) atoms. The number of hydrogen-bond donors (Lipinski definition) is 2. The van der Waals surface area contributed by atoms with Crippen LogP contribution in [0.3, 0.4) is 0 Å². The van der Waals surface area contributed by atoms with Crippen molar-refractivity contribution in [2.24, 2.45) is 5.92 Å². The standard InChI is InChI=1S/C9H13N3O4S2/c1-5(2)3-16-8(15)10-7-11-12-9(18-7)17-4-6(13)14/h5H,3-4H2,1-2H3,(H,13,14)(H,10,11,15). The molecule has 1 aromatic heterocycles. The number of carboxylic acid groups (broad SMARTS) is 1. The number of carbonyl (C=O) groups is 2. The lowest BCUT2D eigenvalue weighted by Gasteiger charge is -2.06. The van der Waals surface area contributed by atoms with Gasteiger partial charge in [0.1, 0.15) is 0 Å². The summed E-state index contributed by atoms with van der Waals surface area (Å²) in [7, 11) is 0. The molecule has 0 saturated carbocycles. The van der Waals surface area contributed by atoms with Gasteiger partial charge in [-0.05, 0) is 5.92 Å². The highest BCUT2D eigenvalue weighted by Gasteiger charge is 2.10. The fourth-order valence-electron chi connectivity index (χ4n) is 0.808. The maximum atomic E-state index is 11.3. The summed E-state index contributed by atoms with van der Waals surface area (Å²) in [6, 6.07) is 0. The van der Waals surface area contributed by atoms with Gasteiger partial charge in [0.25, 0.3) is 0 Å². The van der Waals surface area contributed by atoms with Crippen LogP contribution in [0.4, 0.5) is 9.93 Å². The second kappa shape index (κ2) is 7.17. The number of aliphatic carboxylic acids is 1. The van der Waals surface area contributed by atoms with Crippen LogP contribution in [0.25, 0.3) is 0 Å². The highest BCUT2D eigenvalue weighted by Crippen LogP contribution is 2.25. The molecule has 0 aliphatic carbocycles. The number of hydrogen-bond acceptors (Lipinski definition) is 7. The SMILES string of the molecule is CC(C)COC(=O)Nc1nnc(SCC(=O)O)s1. The number of carbonyl (C=O) groups excluding carboxylic acids is 1. The lowest BCUT2D eigenvalue weighted by atomic mass is 10.2. The van der Waals surface area contributed by atoms with Crippen LogP contribution in [0.15, 0.2) is 4.34 Å². The molecule has 0 aliphatic heterocycles. The maximum absolute atomic E-state index is 11.3. The van der Waals surface area contributed by atoms with Crippen LogP contribution in [0, 0.1) is 5.92 Å². The Morgan fingerprint density at radius 2 is 2.22 bits per heavy atom. The van der Waals surface area contributed by atoms with Gasteiger partial charge in [-0.25, -0.2) is 4.79 Å². The van der Waals surface area contributed by atoms with Gasteiger partial charge in [0, 0.05) is 0 Å². The van der Waals surface area contributed by atoms with Crippen molar-refractivity contribution < 1.29 is 19.4 Å². The first-order valence-corrected chi connectivity index (χ1v) is 6.89. The van der Waals surface area contributed by atoms with Gasteiger partial charge in [-0.2, -0.15) is 0 Å². The summed E-state index contributed by atoms with van der Waals surface area (Å²) >= 11 is 2.15. The molecule has 0 fully saturated rings. The van der Waals surface area contributed by atoms with Gasteiger partial charge in [0.2, 0.25) is 5.13 Å². The van der Waals surface area contributed by atoms with Crippen molar-refractivity contribution in [3.05, 3.63) is 0 Å². The maximum Gasteiger partial charge on any atom is 0.413 e. The molecule has 0 saturated heterocycles. The summed E-state index contributed by atoms with van der Waals surface area (Å²) in [6.45, 7) is 4.18. The van der Waals surface area contributed by atoms with E-state index >= 15 is 0 Å². The molecular weight excluding hydrogens is 278 g/mol. The van der Waals surface area contributed by atoms with Crippen molar-refractivity contribution in [3.8, 4) is 0 Å². The zero-order chi connectivity index (χ0) is 13.5. The highest BCUT2D eigenvalue weighted by atomic mass is 32.2. The van der Waals surface area contributed by atoms with E-state index in [9.17, 15) is 9.59 Å². The van der Waals surface area contributed by atoms with Gasteiger partial charge in [-0.15, -0.1) is 10.2 Å². The molecular formula is C9H13N3O4S2. The minimum Gasteiger partial charge on any atom is -0.481 e. The van der Waals surface area contributed by atoms with E-state index in [1.165, 1.54) is 0 Å². The lowest BCUT2D eigenvalue weighted by molar-refractivity contribution is -0.133. The van der Waals surface area contributed by atoms with E-state index in [4.69, 9.17) is 9.84 Å². The monoisotopic (exact) mass is 291 g/mol. The number of nitrogens with one attached hydrogen (secondary N) is 1. The van der Waals surface area contributed by atoms with Crippen LogP contribution in [0.1, 0.15) is 13.8 Å². The fraction of sp³-hybridized carbons (Fsp3) is 0.556. The molecule has 2 N–H and O–H groups in total. The molecule has 0 radical (unpaired) electrons. The summed E-state index contributed by atoms with van der Waals surface area (Å²) in [5.41, 5.74) is 0. The summed E-state index contributed by atoms with van der Waals surface area (Å²) in [6.07, 6.45) is -0.588. The smallest absolute Gasteiger partial charge is 0.413 e. The number of anilines is 1. The third-order valence-corrected chi connectivity index (χ3v) is 3.44. The predicted molar refractivity (Wildman–Crippen MR) is 68.1 cm³/mol. The number of ether oxygens (including phenoxy) is 1. The molecule has 0 aromatic carbocycles. The van der Waals surface area contributed by atoms with Crippen LogP contribution in [-0.2, 0) is 9.53 Å². The summed E-state index contributed by atoms with van der Waals surface area (Å²) in [5, 5.41) is 18.7. The van der Waals surface area contributed by atoms with E-state index < -0.39 is 12.1 Å². The Kier molecular flexibility index (Phi) is 5.86. The topological polar surface area (TPSA) is 101 Å². The molecule has 0 atom stereocenters. The van der Waals surface area contributed by atoms with Gasteiger partial charge in [-0.1, -0.05) is 36.9 Å². The quantitative estimate of drug-likeness (QED) is 0.609. The minimum absolute atomic E-state index is 0.0908. The van der Waals surface area contributed by atoms with Crippen LogP contribution >= 0.6 is 23.1 Å². The van der Waals surface area contributed by atoms with Crippen LogP contribution < -0.4 is 5.32 Å². The molecule has 7 nitrogen and oxygen atoms in total. The minimum atomic E-state index is -0.930. The Bertz CT molecular complexity index is 422. The lowest BCUT2D eigenvalue weighted by Crippen LogP contribution is -2.16. The zero-order valence-electron chi connectivity index (χ0n) is 9.87. The number of amides is 1. The Morgan fingerprint density at radius 3 is 2.83 bits per heavy atom. The molecule has 1 rings (SSSR count). The third kappa shape index (κ3) is 5.82. The van der Waals surface area contributed by atoms with E-state index in [-0.39, 0.29) is 16.8 Å². The van der Waals surface area contributed by atoms with Crippen LogP contribution in [-0.4, -0.2) is 39.7 Å². The summed E-state index contributed by atoms with van der Waals surface area (Å²) in [5.74, 6) is -0.764. The van der Waals surface area contributed by atoms with Gasteiger partial charge in [0.15, 0.2) is 4.34 Å². The fourth-order valence-corrected chi connectivity index (χ4v) is 2.27. The van der Waals surface area contributed by atoms with E-state index in [1.54, 1.807) is 0 Å². The van der Waals surface area contributed by atoms with Gasteiger partial charge < -0.3 is 9.84 Å². The second-order valence-electron chi connectivity index (χ2n) is 3.67. The van der Waals surface area contributed by atoms with E-state index in [0.29, 0.717) is 10.9 Å². The zero-order valence-corrected chi connectivity index (χ0v) is 11.5. The number of carboxylic acids is 1. The van der Waals surface area contributed by atoms with E-state index in [2.05, 4.69) is 15.5 Å². The Morgan fingerprint density at radius 1 is 1.50 bits per heavy atom. The van der Waals surface area contributed by atoms with Crippen molar-refractivity contribution in [2.75, 3.05) is 17.7 Å². The second-order valence-corrected chi connectivity index (χ2v) is 5.87. The molecule has 100 valence electrons. The van der Waals surface area contributed by atoms with Crippen LogP contribution in [0.2, 0.25) is 0 Å². The first-order chi connectivity index (χ1) is 8.47. The summed E-state index contributed by atoms with van der Waals surface area (Å²) < 4.78 is 5.39. The van der Waals surface area contributed by atoms with Crippen molar-refractivity contribution in [1.29, 1.82) is 0 Å². The third-order valence-electron chi connectivity index (χ3n) is 1.48. The van der Waals surface area contributed by atoms with E-state index in [1.807, 2.05) is 13.8 Å². The molecule has 0 bridgehead atoms. The molecule has 1 heterocycles. The molecule has 1 amide bonds. The van der Waals surface area contributed by atoms with Gasteiger partial charge in [-0.3, -0.25) is 10.1 Å². The van der Waals surface area contributed by atoms with Crippen LogP contribution in [0.5, 0.6) is 0 Å². The average Bonchev–Trinajstić information content (AvgIpc) is 2.71. The molecule has 9 heteroatoms. The first kappa shape index (κ1) is 14.7. The highest BCUT2D eigenvalue weighted by molar-refractivity contribution is 8.01. The van der Waals surface area contributed by atoms with E-state index in [0.717, 1.165) is 23.1 Å². The number of rotatable bonds is 6. The van der Waals surface area contributed by atoms with Crippen molar-refractivity contribution >= 4 is 40.3 Å². The average molecular weight is 291 g/mol. The van der Waals surface area contributed by atoms with Crippen molar-refractivity contribution in [3.63, 3.8) is 0 Å². The number of nitrogens with zero attached hydrogens (tertiary/aromatic N) is 2. The molecule has 1 aromatic rings. The number of thioether (sulfide) groups is 1. The Hall–Kier alpha value is -1.35. The molecule has 0 spiro atoms. The van der Waals surface area contributed by atoms with Crippen molar-refractivity contribution in [1.82, 2.24) is 10.2 Å². The largest absolute Gasteiger partial charge is 0.481 e. The first-order valence-electron chi connectivity index (χ1n) is 5.09. The number of aromatic nitrogens is 2. The molecule has 0 unspecified atom stereocenters.